The van der Waals surface area contributed by atoms with Gasteiger partial charge in [0.05, 0.1) is 11.5 Å². The van der Waals surface area contributed by atoms with E-state index >= 15 is 0 Å². The monoisotopic (exact) mass is 333 g/mol. The third kappa shape index (κ3) is 4.98. The number of ether oxygens (including phenoxy) is 1. The predicted octanol–water partition coefficient (Wildman–Crippen LogP) is 2.42. The first-order valence-corrected chi connectivity index (χ1v) is 9.04. The quantitative estimate of drug-likeness (QED) is 0.568. The van der Waals surface area contributed by atoms with Gasteiger partial charge in [-0.2, -0.15) is 0 Å². The number of nitrogens with zero attached hydrogens (tertiary/aromatic N) is 1. The van der Waals surface area contributed by atoms with E-state index in [2.05, 4.69) is 0 Å². The van der Waals surface area contributed by atoms with Gasteiger partial charge in [0.25, 0.3) is 15.0 Å². The van der Waals surface area contributed by atoms with Crippen LogP contribution in [0.1, 0.15) is 29.8 Å². The van der Waals surface area contributed by atoms with Crippen molar-refractivity contribution in [1.29, 1.82) is 0 Å². The van der Waals surface area contributed by atoms with Gasteiger partial charge in [-0.05, 0) is 38.5 Å². The van der Waals surface area contributed by atoms with Crippen LogP contribution in [0.4, 0.5) is 0 Å². The van der Waals surface area contributed by atoms with Crippen LogP contribution in [0.25, 0.3) is 0 Å². The second-order valence-electron chi connectivity index (χ2n) is 4.50. The first-order valence-electron chi connectivity index (χ1n) is 6.73. The fraction of sp³-hybridized carbons (Fsp3) is 0.500. The van der Waals surface area contributed by atoms with Crippen LogP contribution in [0, 0.1) is 6.92 Å². The number of hydrogen-bond donors (Lipinski definition) is 0. The Bertz CT molecular complexity index is 601. The number of carbonyl (C=O) groups is 1. The van der Waals surface area contributed by atoms with Gasteiger partial charge < -0.3 is 9.64 Å². The molecule has 0 aliphatic heterocycles. The highest BCUT2D eigenvalue weighted by Gasteiger charge is 2.19. The lowest BCUT2D eigenvalue weighted by Crippen LogP contribution is -2.34. The van der Waals surface area contributed by atoms with E-state index in [1.54, 1.807) is 24.0 Å². The van der Waals surface area contributed by atoms with Crippen LogP contribution in [0.5, 0.6) is 0 Å². The zero-order valence-electron chi connectivity index (χ0n) is 12.4. The molecule has 7 heteroatoms. The Hall–Kier alpha value is -1.11. The zero-order valence-corrected chi connectivity index (χ0v) is 14.0. The molecule has 0 aliphatic carbocycles. The minimum Gasteiger partial charge on any atom is -0.380 e. The van der Waals surface area contributed by atoms with E-state index < -0.39 is 9.05 Å². The number of aryl methyl sites for hydroxylation is 1. The molecule has 0 atom stereocenters. The molecule has 1 rings (SSSR count). The molecule has 0 saturated heterocycles. The molecular weight excluding hydrogens is 314 g/mol. The van der Waals surface area contributed by atoms with Crippen molar-refractivity contribution >= 4 is 25.6 Å². The van der Waals surface area contributed by atoms with E-state index in [0.29, 0.717) is 37.4 Å². The summed E-state index contributed by atoms with van der Waals surface area (Å²) in [5, 5.41) is 0. The summed E-state index contributed by atoms with van der Waals surface area (Å²) in [4.78, 5) is 14.0. The Morgan fingerprint density at radius 2 is 2.00 bits per heavy atom. The Kier molecular flexibility index (Phi) is 6.64. The van der Waals surface area contributed by atoms with Gasteiger partial charge in [-0.25, -0.2) is 8.42 Å². The van der Waals surface area contributed by atoms with Crippen LogP contribution in [-0.4, -0.2) is 45.5 Å². The third-order valence-corrected chi connectivity index (χ3v) is 4.54. The molecule has 0 N–H and O–H groups in total. The van der Waals surface area contributed by atoms with E-state index in [-0.39, 0.29) is 10.8 Å². The molecule has 0 aromatic heterocycles. The van der Waals surface area contributed by atoms with Gasteiger partial charge in [0.1, 0.15) is 0 Å². The summed E-state index contributed by atoms with van der Waals surface area (Å²) in [7, 11) is 1.52. The Morgan fingerprint density at radius 3 is 2.52 bits per heavy atom. The molecule has 5 nitrogen and oxygen atoms in total. The van der Waals surface area contributed by atoms with E-state index in [1.165, 1.54) is 6.07 Å². The molecule has 0 aliphatic rings. The lowest BCUT2D eigenvalue weighted by atomic mass is 10.1. The summed E-state index contributed by atoms with van der Waals surface area (Å²) in [6, 6.07) is 4.51. The summed E-state index contributed by atoms with van der Waals surface area (Å²) >= 11 is 0. The first kappa shape index (κ1) is 17.9. The van der Waals surface area contributed by atoms with Crippen molar-refractivity contribution in [3.05, 3.63) is 29.3 Å². The summed E-state index contributed by atoms with van der Waals surface area (Å²) in [5.74, 6) is -0.237. The Labute approximate surface area is 130 Å². The van der Waals surface area contributed by atoms with Gasteiger partial charge >= 0.3 is 0 Å². The standard InChI is InChI=1S/C14H20ClNO4S/c1-4-16(8-9-20-5-2)14(17)12-7-6-11(3)13(10-12)21(15,18)19/h6-7,10H,4-5,8-9H2,1-3H3. The number of rotatable bonds is 7. The first-order chi connectivity index (χ1) is 9.81. The van der Waals surface area contributed by atoms with Crippen molar-refractivity contribution in [3.8, 4) is 0 Å². The van der Waals surface area contributed by atoms with E-state index in [0.717, 1.165) is 0 Å². The van der Waals surface area contributed by atoms with Gasteiger partial charge in [-0.3, -0.25) is 4.79 Å². The fourth-order valence-electron chi connectivity index (χ4n) is 1.90. The number of likely N-dealkylation sites (N-methyl/N-ethyl adjacent to an activating group) is 1. The summed E-state index contributed by atoms with van der Waals surface area (Å²) in [5.41, 5.74) is 0.817. The normalized spacial score (nSPS) is 11.4. The van der Waals surface area contributed by atoms with Crippen LogP contribution in [0.2, 0.25) is 0 Å². The van der Waals surface area contributed by atoms with Crippen molar-refractivity contribution in [3.63, 3.8) is 0 Å². The molecule has 1 amide bonds. The van der Waals surface area contributed by atoms with Crippen molar-refractivity contribution in [2.24, 2.45) is 0 Å². The molecule has 0 saturated carbocycles. The van der Waals surface area contributed by atoms with Crippen molar-refractivity contribution in [2.45, 2.75) is 25.7 Å². The molecule has 0 fully saturated rings. The molecule has 0 unspecified atom stereocenters. The van der Waals surface area contributed by atoms with Gasteiger partial charge in [0, 0.05) is 35.9 Å². The molecule has 1 aromatic carbocycles. The highest BCUT2D eigenvalue weighted by molar-refractivity contribution is 8.13. The van der Waals surface area contributed by atoms with Gasteiger partial charge in [-0.1, -0.05) is 6.07 Å². The third-order valence-electron chi connectivity index (χ3n) is 3.08. The fourth-order valence-corrected chi connectivity index (χ4v) is 3.12. The van der Waals surface area contributed by atoms with Crippen LogP contribution in [0.15, 0.2) is 23.1 Å². The lowest BCUT2D eigenvalue weighted by Gasteiger charge is -2.21. The Balaban J connectivity index is 3.01. The molecular formula is C14H20ClNO4S. The number of amides is 1. The van der Waals surface area contributed by atoms with E-state index in [9.17, 15) is 13.2 Å². The van der Waals surface area contributed by atoms with Crippen LogP contribution in [0.3, 0.4) is 0 Å². The van der Waals surface area contributed by atoms with Gasteiger partial charge in [-0.15, -0.1) is 0 Å². The van der Waals surface area contributed by atoms with Crippen LogP contribution >= 0.6 is 10.7 Å². The molecule has 21 heavy (non-hydrogen) atoms. The molecule has 0 radical (unpaired) electrons. The Morgan fingerprint density at radius 1 is 1.33 bits per heavy atom. The molecule has 0 heterocycles. The van der Waals surface area contributed by atoms with E-state index in [1.807, 2.05) is 13.8 Å². The second-order valence-corrected chi connectivity index (χ2v) is 7.03. The SMILES string of the molecule is CCOCCN(CC)C(=O)c1ccc(C)c(S(=O)(=O)Cl)c1. The highest BCUT2D eigenvalue weighted by atomic mass is 35.7. The van der Waals surface area contributed by atoms with Gasteiger partial charge in [0.15, 0.2) is 0 Å². The minimum absolute atomic E-state index is 0.0316. The number of halogens is 1. The maximum atomic E-state index is 12.4. The summed E-state index contributed by atoms with van der Waals surface area (Å²) in [6.07, 6.45) is 0. The predicted molar refractivity (Wildman–Crippen MR) is 82.3 cm³/mol. The average molecular weight is 334 g/mol. The highest BCUT2D eigenvalue weighted by Crippen LogP contribution is 2.21. The lowest BCUT2D eigenvalue weighted by molar-refractivity contribution is 0.0669. The largest absolute Gasteiger partial charge is 0.380 e. The molecule has 1 aromatic rings. The second kappa shape index (κ2) is 7.77. The van der Waals surface area contributed by atoms with Crippen molar-refractivity contribution in [1.82, 2.24) is 4.90 Å². The van der Waals surface area contributed by atoms with Crippen LogP contribution in [-0.2, 0) is 13.8 Å². The van der Waals surface area contributed by atoms with Crippen molar-refractivity contribution < 1.29 is 17.9 Å². The maximum absolute atomic E-state index is 12.4. The zero-order chi connectivity index (χ0) is 16.0. The van der Waals surface area contributed by atoms with Crippen LogP contribution < -0.4 is 0 Å². The minimum atomic E-state index is -3.87. The summed E-state index contributed by atoms with van der Waals surface area (Å²) < 4.78 is 28.2. The topological polar surface area (TPSA) is 63.7 Å². The average Bonchev–Trinajstić information content (AvgIpc) is 2.42. The molecule has 0 spiro atoms. The number of carbonyl (C=O) groups excluding carboxylic acids is 1. The maximum Gasteiger partial charge on any atom is 0.261 e. The smallest absolute Gasteiger partial charge is 0.261 e. The van der Waals surface area contributed by atoms with E-state index in [4.69, 9.17) is 15.4 Å². The number of benzene rings is 1. The summed E-state index contributed by atoms with van der Waals surface area (Å²) in [6.45, 7) is 7.39. The number of hydrogen-bond acceptors (Lipinski definition) is 4. The van der Waals surface area contributed by atoms with Crippen molar-refractivity contribution in [2.75, 3.05) is 26.3 Å². The van der Waals surface area contributed by atoms with Gasteiger partial charge in [0.2, 0.25) is 0 Å². The molecule has 118 valence electrons. The molecule has 0 bridgehead atoms.